The number of benzene rings is 2. The van der Waals surface area contributed by atoms with Gasteiger partial charge in [0.2, 0.25) is 5.78 Å². The third-order valence-electron chi connectivity index (χ3n) is 6.08. The van der Waals surface area contributed by atoms with E-state index in [9.17, 15) is 14.4 Å². The van der Waals surface area contributed by atoms with Crippen molar-refractivity contribution in [2.75, 3.05) is 14.2 Å². The first kappa shape index (κ1) is 24.4. The van der Waals surface area contributed by atoms with Gasteiger partial charge in [0.15, 0.2) is 0 Å². The number of carbonyl (C=O) groups excluding carboxylic acids is 3. The molecule has 178 valence electrons. The molecule has 6 nitrogen and oxygen atoms in total. The van der Waals surface area contributed by atoms with Gasteiger partial charge in [-0.2, -0.15) is 0 Å². The first-order valence-electron chi connectivity index (χ1n) is 11.0. The van der Waals surface area contributed by atoms with Crippen molar-refractivity contribution >= 4 is 39.2 Å². The molecule has 4 aromatic rings. The van der Waals surface area contributed by atoms with E-state index in [0.29, 0.717) is 23.2 Å². The lowest BCUT2D eigenvalue weighted by Gasteiger charge is -2.14. The maximum Gasteiger partial charge on any atom is 0.341 e. The Morgan fingerprint density at radius 3 is 2.06 bits per heavy atom. The predicted molar refractivity (Wildman–Crippen MR) is 136 cm³/mol. The zero-order valence-corrected chi connectivity index (χ0v) is 21.4. The van der Waals surface area contributed by atoms with Crippen LogP contribution < -0.4 is 0 Å². The predicted octanol–water partition coefficient (Wildman–Crippen LogP) is 5.71. The van der Waals surface area contributed by atoms with Crippen molar-refractivity contribution in [1.29, 1.82) is 0 Å². The molecule has 2 aromatic carbocycles. The quantitative estimate of drug-likeness (QED) is 0.234. The number of methoxy groups -OCH3 is 2. The topological polar surface area (TPSA) is 74.1 Å². The van der Waals surface area contributed by atoms with Crippen LogP contribution in [0.25, 0.3) is 5.52 Å². The average Bonchev–Trinajstić information content (AvgIpc) is 3.23. The third-order valence-corrected chi connectivity index (χ3v) is 6.61. The number of hydrogen-bond donors (Lipinski definition) is 0. The minimum Gasteiger partial charge on any atom is -0.465 e. The summed E-state index contributed by atoms with van der Waals surface area (Å²) in [5, 5.41) is 0. The molecule has 2 heterocycles. The molecule has 0 aliphatic rings. The van der Waals surface area contributed by atoms with Gasteiger partial charge in [-0.15, -0.1) is 0 Å². The Labute approximate surface area is 211 Å². The molecule has 0 saturated heterocycles. The minimum atomic E-state index is -0.780. The molecule has 0 aliphatic carbocycles. The van der Waals surface area contributed by atoms with Crippen molar-refractivity contribution in [3.8, 4) is 0 Å². The number of hydrogen-bond acceptors (Lipinski definition) is 5. The summed E-state index contributed by atoms with van der Waals surface area (Å²) in [6.45, 7) is 3.73. The molecule has 2 aromatic heterocycles. The fourth-order valence-electron chi connectivity index (χ4n) is 4.41. The van der Waals surface area contributed by atoms with E-state index < -0.39 is 17.7 Å². The highest BCUT2D eigenvalue weighted by Crippen LogP contribution is 2.33. The standard InChI is InChI=1S/C28H24BrNO5/c1-16-14-20(15-18-8-6-5-7-9-18)17(2)24-22(27(32)34-3)23(28(33)35-4)25(30(16)24)26(31)19-10-12-21(29)13-11-19/h5-14H,15H2,1-4H3. The van der Waals surface area contributed by atoms with Gasteiger partial charge in [-0.25, -0.2) is 9.59 Å². The number of pyridine rings is 1. The van der Waals surface area contributed by atoms with Gasteiger partial charge in [-0.1, -0.05) is 46.3 Å². The highest BCUT2D eigenvalue weighted by atomic mass is 79.9. The molecule has 0 aliphatic heterocycles. The van der Waals surface area contributed by atoms with Crippen molar-refractivity contribution in [2.24, 2.45) is 0 Å². The van der Waals surface area contributed by atoms with E-state index >= 15 is 0 Å². The summed E-state index contributed by atoms with van der Waals surface area (Å²) in [4.78, 5) is 39.9. The van der Waals surface area contributed by atoms with Gasteiger partial charge in [0, 0.05) is 15.7 Å². The summed E-state index contributed by atoms with van der Waals surface area (Å²) in [5.41, 5.74) is 4.39. The Bertz CT molecular complexity index is 1450. The second-order valence-electron chi connectivity index (χ2n) is 8.20. The lowest BCUT2D eigenvalue weighted by atomic mass is 9.98. The molecular weight excluding hydrogens is 510 g/mol. The van der Waals surface area contributed by atoms with Crippen LogP contribution in [0.5, 0.6) is 0 Å². The van der Waals surface area contributed by atoms with E-state index in [-0.39, 0.29) is 16.8 Å². The largest absolute Gasteiger partial charge is 0.465 e. The van der Waals surface area contributed by atoms with Crippen LogP contribution in [-0.2, 0) is 15.9 Å². The second-order valence-corrected chi connectivity index (χ2v) is 9.12. The van der Waals surface area contributed by atoms with Crippen molar-refractivity contribution < 1.29 is 23.9 Å². The van der Waals surface area contributed by atoms with Gasteiger partial charge < -0.3 is 13.9 Å². The number of ketones is 1. The molecular formula is C28H24BrNO5. The zero-order chi connectivity index (χ0) is 25.3. The number of halogens is 1. The molecule has 0 unspecified atom stereocenters. The van der Waals surface area contributed by atoms with Crippen molar-refractivity contribution in [1.82, 2.24) is 4.40 Å². The maximum absolute atomic E-state index is 13.8. The number of aryl methyl sites for hydroxylation is 2. The number of ether oxygens (including phenoxy) is 2. The zero-order valence-electron chi connectivity index (χ0n) is 19.8. The first-order valence-corrected chi connectivity index (χ1v) is 11.8. The normalized spacial score (nSPS) is 10.9. The molecule has 0 atom stereocenters. The van der Waals surface area contributed by atoms with E-state index in [1.165, 1.54) is 14.2 Å². The highest BCUT2D eigenvalue weighted by molar-refractivity contribution is 9.10. The van der Waals surface area contributed by atoms with Gasteiger partial charge in [0.05, 0.1) is 19.7 Å². The molecule has 0 saturated carbocycles. The third kappa shape index (κ3) is 4.39. The van der Waals surface area contributed by atoms with Crippen LogP contribution >= 0.6 is 15.9 Å². The SMILES string of the molecule is COC(=O)c1c(C(=O)OC)c2c(C)c(Cc3ccccc3)cc(C)n2c1C(=O)c1ccc(Br)cc1. The van der Waals surface area contributed by atoms with Crippen LogP contribution in [0.4, 0.5) is 0 Å². The molecule has 7 heteroatoms. The smallest absolute Gasteiger partial charge is 0.341 e. The summed E-state index contributed by atoms with van der Waals surface area (Å²) in [7, 11) is 2.47. The Balaban J connectivity index is 2.09. The van der Waals surface area contributed by atoms with Gasteiger partial charge in [-0.05, 0) is 67.3 Å². The Hall–Kier alpha value is -3.71. The fraction of sp³-hybridized carbons (Fsp3) is 0.179. The van der Waals surface area contributed by atoms with E-state index in [2.05, 4.69) is 15.9 Å². The first-order chi connectivity index (χ1) is 16.8. The van der Waals surface area contributed by atoms with Gasteiger partial charge in [0.25, 0.3) is 0 Å². The van der Waals surface area contributed by atoms with Gasteiger partial charge in [-0.3, -0.25) is 4.79 Å². The number of aromatic nitrogens is 1. The Morgan fingerprint density at radius 2 is 1.46 bits per heavy atom. The molecule has 0 amide bonds. The van der Waals surface area contributed by atoms with Crippen molar-refractivity contribution in [3.05, 3.63) is 110 Å². The monoisotopic (exact) mass is 533 g/mol. The minimum absolute atomic E-state index is 0.0234. The summed E-state index contributed by atoms with van der Waals surface area (Å²) < 4.78 is 12.6. The number of nitrogens with zero attached hydrogens (tertiary/aromatic N) is 1. The lowest BCUT2D eigenvalue weighted by molar-refractivity contribution is 0.0556. The molecule has 35 heavy (non-hydrogen) atoms. The van der Waals surface area contributed by atoms with Crippen molar-refractivity contribution in [2.45, 2.75) is 20.3 Å². The Morgan fingerprint density at radius 1 is 0.857 bits per heavy atom. The molecule has 0 fully saturated rings. The van der Waals surface area contributed by atoms with Gasteiger partial charge in [0.1, 0.15) is 16.8 Å². The second kappa shape index (κ2) is 9.88. The van der Waals surface area contributed by atoms with Crippen LogP contribution in [-0.4, -0.2) is 36.3 Å². The summed E-state index contributed by atoms with van der Waals surface area (Å²) in [5.74, 6) is -1.89. The van der Waals surface area contributed by atoms with E-state index in [0.717, 1.165) is 21.2 Å². The summed E-state index contributed by atoms with van der Waals surface area (Å²) in [6, 6.07) is 18.8. The molecule has 0 spiro atoms. The van der Waals surface area contributed by atoms with Crippen LogP contribution in [0.1, 0.15) is 59.2 Å². The van der Waals surface area contributed by atoms with Gasteiger partial charge >= 0.3 is 11.9 Å². The number of carbonyl (C=O) groups is 3. The van der Waals surface area contributed by atoms with Crippen LogP contribution in [0.2, 0.25) is 0 Å². The fourth-order valence-corrected chi connectivity index (χ4v) is 4.68. The van der Waals surface area contributed by atoms with E-state index in [1.807, 2.05) is 50.2 Å². The van der Waals surface area contributed by atoms with Crippen molar-refractivity contribution in [3.63, 3.8) is 0 Å². The molecule has 0 N–H and O–H groups in total. The maximum atomic E-state index is 13.8. The molecule has 0 radical (unpaired) electrons. The highest BCUT2D eigenvalue weighted by Gasteiger charge is 2.35. The number of rotatable bonds is 6. The van der Waals surface area contributed by atoms with Crippen LogP contribution in [0.15, 0.2) is 65.1 Å². The number of fused-ring (bicyclic) bond motifs is 1. The average molecular weight is 534 g/mol. The Kier molecular flexibility index (Phi) is 6.89. The van der Waals surface area contributed by atoms with Crippen LogP contribution in [0, 0.1) is 13.8 Å². The summed E-state index contributed by atoms with van der Waals surface area (Å²) in [6.07, 6.45) is 0.624. The molecule has 0 bridgehead atoms. The van der Waals surface area contributed by atoms with Crippen LogP contribution in [0.3, 0.4) is 0 Å². The summed E-state index contributed by atoms with van der Waals surface area (Å²) >= 11 is 3.38. The number of esters is 2. The van der Waals surface area contributed by atoms with E-state index in [1.54, 1.807) is 28.7 Å². The molecule has 4 rings (SSSR count). The lowest BCUT2D eigenvalue weighted by Crippen LogP contribution is -2.15. The van der Waals surface area contributed by atoms with E-state index in [4.69, 9.17) is 9.47 Å².